The SMILES string of the molecule is CCC1(CC)C(=O)OC1CC1(C)COC1=O. The standard InChI is InChI=1S/C12H18O4/c1-4-12(5-2)8(16-10(12)14)6-11(3)7-15-9(11)13/h8H,4-7H2,1-3H3. The molecule has 0 aromatic heterocycles. The fourth-order valence-electron chi connectivity index (χ4n) is 2.59. The molecule has 0 amide bonds. The first-order chi connectivity index (χ1) is 7.48. The highest BCUT2D eigenvalue weighted by atomic mass is 16.6. The lowest BCUT2D eigenvalue weighted by Crippen LogP contribution is -2.60. The van der Waals surface area contributed by atoms with E-state index in [2.05, 4.69) is 0 Å². The van der Waals surface area contributed by atoms with E-state index in [1.807, 2.05) is 20.8 Å². The van der Waals surface area contributed by atoms with Crippen LogP contribution < -0.4 is 0 Å². The fourth-order valence-corrected chi connectivity index (χ4v) is 2.59. The fraction of sp³-hybridized carbons (Fsp3) is 0.833. The third kappa shape index (κ3) is 1.28. The number of hydrogen-bond donors (Lipinski definition) is 0. The van der Waals surface area contributed by atoms with Crippen molar-refractivity contribution in [3.8, 4) is 0 Å². The monoisotopic (exact) mass is 226 g/mol. The molecule has 4 heteroatoms. The summed E-state index contributed by atoms with van der Waals surface area (Å²) in [4.78, 5) is 22.9. The van der Waals surface area contributed by atoms with Crippen molar-refractivity contribution in [1.82, 2.24) is 0 Å². The molecule has 2 atom stereocenters. The molecule has 0 aromatic carbocycles. The van der Waals surface area contributed by atoms with E-state index >= 15 is 0 Å². The van der Waals surface area contributed by atoms with Gasteiger partial charge in [-0.2, -0.15) is 0 Å². The summed E-state index contributed by atoms with van der Waals surface area (Å²) in [7, 11) is 0. The third-order valence-electron chi connectivity index (χ3n) is 4.18. The maximum absolute atomic E-state index is 11.6. The molecule has 2 aliphatic heterocycles. The Morgan fingerprint density at radius 3 is 2.19 bits per heavy atom. The minimum atomic E-state index is -0.443. The van der Waals surface area contributed by atoms with Gasteiger partial charge in [0.25, 0.3) is 0 Å². The van der Waals surface area contributed by atoms with Gasteiger partial charge in [0.15, 0.2) is 0 Å². The minimum absolute atomic E-state index is 0.112. The molecule has 0 radical (unpaired) electrons. The number of carbonyl (C=O) groups is 2. The topological polar surface area (TPSA) is 52.6 Å². The second-order valence-corrected chi connectivity index (χ2v) is 5.10. The maximum atomic E-state index is 11.6. The Hall–Kier alpha value is -1.06. The van der Waals surface area contributed by atoms with Gasteiger partial charge >= 0.3 is 11.9 Å². The molecule has 0 spiro atoms. The van der Waals surface area contributed by atoms with Crippen molar-refractivity contribution in [2.75, 3.05) is 6.61 Å². The Balaban J connectivity index is 2.07. The highest BCUT2D eigenvalue weighted by Gasteiger charge is 2.59. The molecule has 2 heterocycles. The smallest absolute Gasteiger partial charge is 0.316 e. The lowest BCUT2D eigenvalue weighted by molar-refractivity contribution is -0.224. The molecule has 2 fully saturated rings. The number of esters is 2. The molecule has 2 rings (SSSR count). The van der Waals surface area contributed by atoms with Crippen LogP contribution in [0.1, 0.15) is 40.0 Å². The molecule has 0 aromatic rings. The molecular weight excluding hydrogens is 208 g/mol. The molecule has 4 nitrogen and oxygen atoms in total. The van der Waals surface area contributed by atoms with Gasteiger partial charge in [-0.05, 0) is 19.8 Å². The van der Waals surface area contributed by atoms with Crippen LogP contribution in [0.15, 0.2) is 0 Å². The van der Waals surface area contributed by atoms with Crippen molar-refractivity contribution < 1.29 is 19.1 Å². The predicted octanol–water partition coefficient (Wildman–Crippen LogP) is 1.67. The van der Waals surface area contributed by atoms with Crippen molar-refractivity contribution in [2.45, 2.75) is 46.1 Å². The highest BCUT2D eigenvalue weighted by molar-refractivity contribution is 5.85. The van der Waals surface area contributed by atoms with Gasteiger partial charge in [0.05, 0.1) is 0 Å². The van der Waals surface area contributed by atoms with Gasteiger partial charge < -0.3 is 9.47 Å². The zero-order chi connectivity index (χ0) is 12.0. The van der Waals surface area contributed by atoms with Gasteiger partial charge in [-0.3, -0.25) is 9.59 Å². The van der Waals surface area contributed by atoms with E-state index in [1.54, 1.807) is 0 Å². The molecule has 0 N–H and O–H groups in total. The number of rotatable bonds is 4. The summed E-state index contributed by atoms with van der Waals surface area (Å²) in [5.41, 5.74) is -0.806. The Morgan fingerprint density at radius 1 is 1.25 bits per heavy atom. The van der Waals surface area contributed by atoms with E-state index < -0.39 is 5.41 Å². The van der Waals surface area contributed by atoms with E-state index in [0.717, 1.165) is 12.8 Å². The minimum Gasteiger partial charge on any atom is -0.464 e. The first kappa shape index (κ1) is 11.4. The normalized spacial score (nSPS) is 35.8. The maximum Gasteiger partial charge on any atom is 0.316 e. The van der Waals surface area contributed by atoms with E-state index in [0.29, 0.717) is 13.0 Å². The Bertz CT molecular complexity index is 332. The van der Waals surface area contributed by atoms with Gasteiger partial charge in [-0.25, -0.2) is 0 Å². The number of cyclic esters (lactones) is 2. The Kier molecular flexibility index (Phi) is 2.48. The second-order valence-electron chi connectivity index (χ2n) is 5.10. The molecule has 2 unspecified atom stereocenters. The van der Waals surface area contributed by atoms with Crippen LogP contribution in [-0.2, 0) is 19.1 Å². The van der Waals surface area contributed by atoms with Gasteiger partial charge in [-0.15, -0.1) is 0 Å². The molecule has 2 aliphatic rings. The molecule has 2 saturated heterocycles. The van der Waals surface area contributed by atoms with Gasteiger partial charge in [-0.1, -0.05) is 13.8 Å². The first-order valence-corrected chi connectivity index (χ1v) is 5.87. The van der Waals surface area contributed by atoms with Crippen LogP contribution >= 0.6 is 0 Å². The van der Waals surface area contributed by atoms with Crippen LogP contribution in [0, 0.1) is 10.8 Å². The molecule has 0 aliphatic carbocycles. The summed E-state index contributed by atoms with van der Waals surface area (Å²) in [6.07, 6.45) is 2.03. The third-order valence-corrected chi connectivity index (χ3v) is 4.18. The van der Waals surface area contributed by atoms with Crippen molar-refractivity contribution in [1.29, 1.82) is 0 Å². The van der Waals surface area contributed by atoms with Gasteiger partial charge in [0, 0.05) is 6.42 Å². The zero-order valence-corrected chi connectivity index (χ0v) is 10.0. The molecule has 16 heavy (non-hydrogen) atoms. The summed E-state index contributed by atoms with van der Waals surface area (Å²) in [5, 5.41) is 0. The number of carbonyl (C=O) groups excluding carboxylic acids is 2. The summed E-state index contributed by atoms with van der Waals surface area (Å²) in [6.45, 7) is 6.32. The van der Waals surface area contributed by atoms with Crippen molar-refractivity contribution >= 4 is 11.9 Å². The lowest BCUT2D eigenvalue weighted by Gasteiger charge is -2.50. The first-order valence-electron chi connectivity index (χ1n) is 5.87. The highest BCUT2D eigenvalue weighted by Crippen LogP contribution is 2.49. The zero-order valence-electron chi connectivity index (χ0n) is 10.0. The summed E-state index contributed by atoms with van der Waals surface area (Å²) < 4.78 is 10.0. The van der Waals surface area contributed by atoms with Gasteiger partial charge in [0.2, 0.25) is 0 Å². The average Bonchev–Trinajstić information content (AvgIpc) is 2.28. The van der Waals surface area contributed by atoms with Crippen molar-refractivity contribution in [3.05, 3.63) is 0 Å². The van der Waals surface area contributed by atoms with E-state index in [4.69, 9.17) is 9.47 Å². The van der Waals surface area contributed by atoms with Crippen molar-refractivity contribution in [2.24, 2.45) is 10.8 Å². The number of ether oxygens (including phenoxy) is 2. The summed E-state index contributed by atoms with van der Waals surface area (Å²) in [5.74, 6) is -0.282. The Labute approximate surface area is 95.3 Å². The Morgan fingerprint density at radius 2 is 1.88 bits per heavy atom. The summed E-state index contributed by atoms with van der Waals surface area (Å²) in [6, 6.07) is 0. The molecule has 0 bridgehead atoms. The van der Waals surface area contributed by atoms with E-state index in [-0.39, 0.29) is 23.5 Å². The molecule has 0 saturated carbocycles. The van der Waals surface area contributed by atoms with E-state index in [9.17, 15) is 9.59 Å². The second kappa shape index (κ2) is 3.47. The van der Waals surface area contributed by atoms with Crippen LogP contribution in [0.2, 0.25) is 0 Å². The predicted molar refractivity (Wildman–Crippen MR) is 56.6 cm³/mol. The molecule has 90 valence electrons. The van der Waals surface area contributed by atoms with Crippen LogP contribution in [0.4, 0.5) is 0 Å². The van der Waals surface area contributed by atoms with Crippen LogP contribution in [0.3, 0.4) is 0 Å². The average molecular weight is 226 g/mol. The quantitative estimate of drug-likeness (QED) is 0.684. The largest absolute Gasteiger partial charge is 0.464 e. The summed E-state index contributed by atoms with van der Waals surface area (Å²) >= 11 is 0. The van der Waals surface area contributed by atoms with Crippen LogP contribution in [0.5, 0.6) is 0 Å². The van der Waals surface area contributed by atoms with Crippen LogP contribution in [-0.4, -0.2) is 24.6 Å². The molecular formula is C12H18O4. The lowest BCUT2D eigenvalue weighted by atomic mass is 9.66. The van der Waals surface area contributed by atoms with Crippen molar-refractivity contribution in [3.63, 3.8) is 0 Å². The van der Waals surface area contributed by atoms with Gasteiger partial charge in [0.1, 0.15) is 23.5 Å². The van der Waals surface area contributed by atoms with Crippen LogP contribution in [0.25, 0.3) is 0 Å². The number of hydrogen-bond acceptors (Lipinski definition) is 4. The van der Waals surface area contributed by atoms with E-state index in [1.165, 1.54) is 0 Å².